The van der Waals surface area contributed by atoms with E-state index in [0.29, 0.717) is 24.3 Å². The van der Waals surface area contributed by atoms with Crippen molar-refractivity contribution in [1.29, 1.82) is 0 Å². The standard InChI is InChI=1S/C17H15F3N2OS/c1-2-21-16(23)14-9-15-13(7-8-24-15)22(14)10-11-3-5-12(6-4-11)17(18,19)20/h3-9H,2,10H2,1H3,(H,21,23). The van der Waals surface area contributed by atoms with Gasteiger partial charge in [0.2, 0.25) is 0 Å². The van der Waals surface area contributed by atoms with Crippen molar-refractivity contribution in [1.82, 2.24) is 9.88 Å². The summed E-state index contributed by atoms with van der Waals surface area (Å²) in [6.07, 6.45) is -4.35. The highest BCUT2D eigenvalue weighted by Gasteiger charge is 2.30. The first kappa shape index (κ1) is 16.6. The van der Waals surface area contributed by atoms with Crippen LogP contribution in [0.1, 0.15) is 28.5 Å². The number of carbonyl (C=O) groups excluding carboxylic acids is 1. The highest BCUT2D eigenvalue weighted by atomic mass is 32.1. The molecule has 0 fully saturated rings. The molecule has 2 heterocycles. The van der Waals surface area contributed by atoms with E-state index in [0.717, 1.165) is 22.3 Å². The number of rotatable bonds is 4. The first-order chi connectivity index (χ1) is 11.4. The van der Waals surface area contributed by atoms with Crippen LogP contribution in [0.5, 0.6) is 0 Å². The third-order valence-electron chi connectivity index (χ3n) is 3.71. The number of benzene rings is 1. The summed E-state index contributed by atoms with van der Waals surface area (Å²) in [5.41, 5.74) is 1.44. The van der Waals surface area contributed by atoms with Gasteiger partial charge in [-0.15, -0.1) is 11.3 Å². The van der Waals surface area contributed by atoms with Gasteiger partial charge in [-0.2, -0.15) is 13.2 Å². The van der Waals surface area contributed by atoms with Crippen LogP contribution in [0.15, 0.2) is 41.8 Å². The van der Waals surface area contributed by atoms with E-state index in [9.17, 15) is 18.0 Å². The fraction of sp³-hybridized carbons (Fsp3) is 0.235. The molecule has 0 unspecified atom stereocenters. The van der Waals surface area contributed by atoms with E-state index < -0.39 is 11.7 Å². The maximum absolute atomic E-state index is 12.7. The maximum Gasteiger partial charge on any atom is 0.416 e. The lowest BCUT2D eigenvalue weighted by atomic mass is 10.1. The fourth-order valence-corrected chi connectivity index (χ4v) is 3.39. The van der Waals surface area contributed by atoms with E-state index in [1.165, 1.54) is 23.5 Å². The second kappa shape index (κ2) is 6.32. The van der Waals surface area contributed by atoms with E-state index in [2.05, 4.69) is 5.32 Å². The summed E-state index contributed by atoms with van der Waals surface area (Å²) >= 11 is 1.52. The molecule has 3 nitrogen and oxygen atoms in total. The Balaban J connectivity index is 1.95. The molecule has 0 aliphatic heterocycles. The van der Waals surface area contributed by atoms with Crippen molar-refractivity contribution in [2.75, 3.05) is 6.54 Å². The second-order valence-corrected chi connectivity index (χ2v) is 6.29. The first-order valence-electron chi connectivity index (χ1n) is 7.41. The Morgan fingerprint density at radius 3 is 2.54 bits per heavy atom. The van der Waals surface area contributed by atoms with Gasteiger partial charge in [0.1, 0.15) is 5.69 Å². The van der Waals surface area contributed by atoms with Crippen molar-refractivity contribution in [3.8, 4) is 0 Å². The van der Waals surface area contributed by atoms with Gasteiger partial charge in [0.15, 0.2) is 0 Å². The minimum absolute atomic E-state index is 0.187. The van der Waals surface area contributed by atoms with Crippen LogP contribution >= 0.6 is 11.3 Å². The third-order valence-corrected chi connectivity index (χ3v) is 4.57. The summed E-state index contributed by atoms with van der Waals surface area (Å²) in [4.78, 5) is 12.2. The summed E-state index contributed by atoms with van der Waals surface area (Å²) < 4.78 is 40.8. The Kier molecular flexibility index (Phi) is 4.36. The summed E-state index contributed by atoms with van der Waals surface area (Å²) in [7, 11) is 0. The molecule has 1 aromatic carbocycles. The summed E-state index contributed by atoms with van der Waals surface area (Å²) in [6.45, 7) is 2.69. The minimum Gasteiger partial charge on any atom is -0.351 e. The van der Waals surface area contributed by atoms with E-state index in [-0.39, 0.29) is 5.91 Å². The molecule has 0 saturated carbocycles. The highest BCUT2D eigenvalue weighted by Crippen LogP contribution is 2.30. The SMILES string of the molecule is CCNC(=O)c1cc2sccc2n1Cc1ccc(C(F)(F)F)cc1. The average molecular weight is 352 g/mol. The molecule has 0 atom stereocenters. The van der Waals surface area contributed by atoms with Gasteiger partial charge in [-0.1, -0.05) is 12.1 Å². The molecule has 3 aromatic rings. The zero-order valence-electron chi connectivity index (χ0n) is 12.9. The van der Waals surface area contributed by atoms with Gasteiger partial charge < -0.3 is 9.88 Å². The predicted octanol–water partition coefficient (Wildman–Crippen LogP) is 4.52. The maximum atomic E-state index is 12.7. The number of thiophene rings is 1. The van der Waals surface area contributed by atoms with Gasteiger partial charge in [-0.25, -0.2) is 0 Å². The Morgan fingerprint density at radius 1 is 1.21 bits per heavy atom. The van der Waals surface area contributed by atoms with Gasteiger partial charge in [-0.05, 0) is 42.1 Å². The number of nitrogens with one attached hydrogen (secondary N) is 1. The monoisotopic (exact) mass is 352 g/mol. The van der Waals surface area contributed by atoms with Crippen molar-refractivity contribution in [3.05, 3.63) is 58.6 Å². The first-order valence-corrected chi connectivity index (χ1v) is 8.29. The lowest BCUT2D eigenvalue weighted by Gasteiger charge is -2.12. The molecule has 126 valence electrons. The Labute approximate surface area is 140 Å². The predicted molar refractivity (Wildman–Crippen MR) is 88.4 cm³/mol. The normalized spacial score (nSPS) is 11.8. The van der Waals surface area contributed by atoms with Gasteiger partial charge >= 0.3 is 6.18 Å². The molecule has 1 amide bonds. The van der Waals surface area contributed by atoms with E-state index in [1.54, 1.807) is 0 Å². The lowest BCUT2D eigenvalue weighted by Crippen LogP contribution is -2.25. The van der Waals surface area contributed by atoms with Gasteiger partial charge in [-0.3, -0.25) is 4.79 Å². The van der Waals surface area contributed by atoms with Gasteiger partial charge in [0.05, 0.1) is 15.8 Å². The lowest BCUT2D eigenvalue weighted by molar-refractivity contribution is -0.137. The van der Waals surface area contributed by atoms with Crippen LogP contribution in [0, 0.1) is 0 Å². The molecule has 0 radical (unpaired) electrons. The highest BCUT2D eigenvalue weighted by molar-refractivity contribution is 7.17. The molecule has 0 aliphatic rings. The quantitative estimate of drug-likeness (QED) is 0.736. The second-order valence-electron chi connectivity index (χ2n) is 5.34. The molecule has 3 rings (SSSR count). The van der Waals surface area contributed by atoms with E-state index in [1.807, 2.05) is 29.0 Å². The Bertz CT molecular complexity index is 862. The Morgan fingerprint density at radius 2 is 1.92 bits per heavy atom. The largest absolute Gasteiger partial charge is 0.416 e. The summed E-state index contributed by atoms with van der Waals surface area (Å²) in [5.74, 6) is -0.187. The Hall–Kier alpha value is -2.28. The zero-order chi connectivity index (χ0) is 17.3. The van der Waals surface area contributed by atoms with Crippen molar-refractivity contribution < 1.29 is 18.0 Å². The number of nitrogens with zero attached hydrogens (tertiary/aromatic N) is 1. The van der Waals surface area contributed by atoms with Gasteiger partial charge in [0, 0.05) is 13.1 Å². The van der Waals surface area contributed by atoms with E-state index in [4.69, 9.17) is 0 Å². The molecule has 2 aromatic heterocycles. The number of fused-ring (bicyclic) bond motifs is 1. The number of carbonyl (C=O) groups is 1. The van der Waals surface area contributed by atoms with Crippen LogP contribution in [0.3, 0.4) is 0 Å². The van der Waals surface area contributed by atoms with Gasteiger partial charge in [0.25, 0.3) is 5.91 Å². The molecule has 24 heavy (non-hydrogen) atoms. The minimum atomic E-state index is -4.35. The molecular weight excluding hydrogens is 337 g/mol. The molecule has 1 N–H and O–H groups in total. The molecule has 7 heteroatoms. The number of alkyl halides is 3. The summed E-state index contributed by atoms with van der Waals surface area (Å²) in [5, 5.41) is 4.69. The fourth-order valence-electron chi connectivity index (χ4n) is 2.57. The number of aromatic nitrogens is 1. The molecule has 0 spiro atoms. The molecule has 0 aliphatic carbocycles. The topological polar surface area (TPSA) is 34.0 Å². The number of hydrogen-bond acceptors (Lipinski definition) is 2. The van der Waals surface area contributed by atoms with Crippen molar-refractivity contribution in [2.24, 2.45) is 0 Å². The van der Waals surface area contributed by atoms with Crippen molar-refractivity contribution in [2.45, 2.75) is 19.6 Å². The van der Waals surface area contributed by atoms with Crippen LogP contribution in [0.2, 0.25) is 0 Å². The third kappa shape index (κ3) is 3.17. The van der Waals surface area contributed by atoms with Crippen molar-refractivity contribution in [3.63, 3.8) is 0 Å². The molecule has 0 saturated heterocycles. The van der Waals surface area contributed by atoms with Crippen LogP contribution in [-0.4, -0.2) is 17.0 Å². The van der Waals surface area contributed by atoms with Crippen LogP contribution in [-0.2, 0) is 12.7 Å². The summed E-state index contributed by atoms with van der Waals surface area (Å²) in [6, 6.07) is 8.75. The number of halogens is 3. The molecule has 0 bridgehead atoms. The van der Waals surface area contributed by atoms with Crippen LogP contribution in [0.25, 0.3) is 10.2 Å². The van der Waals surface area contributed by atoms with Crippen LogP contribution < -0.4 is 5.32 Å². The van der Waals surface area contributed by atoms with Crippen molar-refractivity contribution >= 4 is 27.5 Å². The molecular formula is C17H15F3N2OS. The number of amides is 1. The average Bonchev–Trinajstić information content (AvgIpc) is 3.10. The number of hydrogen-bond donors (Lipinski definition) is 1. The van der Waals surface area contributed by atoms with E-state index >= 15 is 0 Å². The van der Waals surface area contributed by atoms with Crippen LogP contribution in [0.4, 0.5) is 13.2 Å². The smallest absolute Gasteiger partial charge is 0.351 e. The zero-order valence-corrected chi connectivity index (χ0v) is 13.7.